The van der Waals surface area contributed by atoms with Crippen molar-refractivity contribution in [1.82, 2.24) is 0 Å². The summed E-state index contributed by atoms with van der Waals surface area (Å²) in [6.45, 7) is 1.93. The van der Waals surface area contributed by atoms with Gasteiger partial charge >= 0.3 is 5.69 Å². The molecule has 6 heteroatoms. The summed E-state index contributed by atoms with van der Waals surface area (Å²) in [5, 5.41) is 20.7. The Hall–Kier alpha value is -2.60. The second-order valence-electron chi connectivity index (χ2n) is 4.81. The Morgan fingerprint density at radius 2 is 1.73 bits per heavy atom. The van der Waals surface area contributed by atoms with E-state index in [2.05, 4.69) is 0 Å². The minimum absolute atomic E-state index is 0.0453. The summed E-state index contributed by atoms with van der Waals surface area (Å²) >= 11 is 0. The quantitative estimate of drug-likeness (QED) is 0.628. The summed E-state index contributed by atoms with van der Waals surface area (Å²) in [4.78, 5) is 10.3. The van der Waals surface area contributed by atoms with Crippen molar-refractivity contribution in [3.05, 3.63) is 64.2 Å². The van der Waals surface area contributed by atoms with E-state index in [0.29, 0.717) is 5.75 Å². The van der Waals surface area contributed by atoms with Gasteiger partial charge in [0, 0.05) is 6.07 Å². The maximum Gasteiger partial charge on any atom is 0.310 e. The van der Waals surface area contributed by atoms with E-state index in [1.807, 2.05) is 31.2 Å². The van der Waals surface area contributed by atoms with Crippen LogP contribution in [-0.4, -0.2) is 29.3 Å². The molecule has 2 aromatic carbocycles. The lowest BCUT2D eigenvalue weighted by Gasteiger charge is -2.13. The predicted octanol–water partition coefficient (Wildman–Crippen LogP) is 2.72. The van der Waals surface area contributed by atoms with Crippen molar-refractivity contribution in [3.8, 4) is 11.5 Å². The fraction of sp³-hybridized carbons (Fsp3) is 0.250. The number of nitro benzene ring substituents is 1. The second-order valence-corrected chi connectivity index (χ2v) is 4.81. The van der Waals surface area contributed by atoms with Crippen molar-refractivity contribution in [1.29, 1.82) is 0 Å². The van der Waals surface area contributed by atoms with Gasteiger partial charge in [0.1, 0.15) is 25.1 Å². The fourth-order valence-corrected chi connectivity index (χ4v) is 1.79. The first-order chi connectivity index (χ1) is 10.6. The zero-order valence-corrected chi connectivity index (χ0v) is 12.1. The van der Waals surface area contributed by atoms with Crippen molar-refractivity contribution in [2.24, 2.45) is 0 Å². The van der Waals surface area contributed by atoms with Crippen LogP contribution in [-0.2, 0) is 0 Å². The van der Waals surface area contributed by atoms with Gasteiger partial charge in [-0.3, -0.25) is 10.1 Å². The molecule has 116 valence electrons. The number of rotatable bonds is 7. The molecule has 2 aromatic rings. The molecular weight excluding hydrogens is 286 g/mol. The molecule has 0 aliphatic heterocycles. The molecule has 0 aliphatic rings. The van der Waals surface area contributed by atoms with E-state index in [-0.39, 0.29) is 24.7 Å². The number of nitro groups is 1. The normalized spacial score (nSPS) is 11.7. The first-order valence-corrected chi connectivity index (χ1v) is 6.80. The topological polar surface area (TPSA) is 81.8 Å². The molecule has 0 aromatic heterocycles. The van der Waals surface area contributed by atoms with Gasteiger partial charge in [0.2, 0.25) is 0 Å². The van der Waals surface area contributed by atoms with Crippen molar-refractivity contribution in [2.75, 3.05) is 13.2 Å². The van der Waals surface area contributed by atoms with Crippen LogP contribution in [0.15, 0.2) is 48.5 Å². The summed E-state index contributed by atoms with van der Waals surface area (Å²) in [6.07, 6.45) is -0.888. The zero-order chi connectivity index (χ0) is 15.9. The van der Waals surface area contributed by atoms with Gasteiger partial charge in [0.25, 0.3) is 0 Å². The minimum atomic E-state index is -0.888. The number of hydrogen-bond donors (Lipinski definition) is 1. The number of nitrogens with zero attached hydrogens (tertiary/aromatic N) is 1. The van der Waals surface area contributed by atoms with Crippen LogP contribution < -0.4 is 9.47 Å². The number of aliphatic hydroxyl groups is 1. The monoisotopic (exact) mass is 303 g/mol. The number of aryl methyl sites for hydroxylation is 1. The number of hydrogen-bond acceptors (Lipinski definition) is 5. The van der Waals surface area contributed by atoms with Gasteiger partial charge in [0.05, 0.1) is 4.92 Å². The molecule has 0 saturated heterocycles. The van der Waals surface area contributed by atoms with Crippen LogP contribution in [0.2, 0.25) is 0 Å². The fourth-order valence-electron chi connectivity index (χ4n) is 1.79. The van der Waals surface area contributed by atoms with Gasteiger partial charge in [-0.2, -0.15) is 0 Å². The van der Waals surface area contributed by atoms with Gasteiger partial charge in [-0.1, -0.05) is 29.8 Å². The second kappa shape index (κ2) is 7.42. The van der Waals surface area contributed by atoms with E-state index >= 15 is 0 Å². The number of para-hydroxylation sites is 2. The molecule has 1 N–H and O–H groups in total. The molecule has 0 saturated carbocycles. The zero-order valence-electron chi connectivity index (χ0n) is 12.1. The van der Waals surface area contributed by atoms with Crippen LogP contribution in [0, 0.1) is 17.0 Å². The Morgan fingerprint density at radius 1 is 1.09 bits per heavy atom. The SMILES string of the molecule is Cc1ccc(OCC(O)COc2ccccc2[N+](=O)[O-])cc1. The van der Waals surface area contributed by atoms with Crippen LogP contribution in [0.3, 0.4) is 0 Å². The van der Waals surface area contributed by atoms with Gasteiger partial charge in [-0.15, -0.1) is 0 Å². The highest BCUT2D eigenvalue weighted by Crippen LogP contribution is 2.25. The first-order valence-electron chi connectivity index (χ1n) is 6.80. The first kappa shape index (κ1) is 15.8. The standard InChI is InChI=1S/C16H17NO5/c1-12-6-8-14(9-7-12)21-10-13(18)11-22-16-5-3-2-4-15(16)17(19)20/h2-9,13,18H,10-11H2,1H3. The van der Waals surface area contributed by atoms with Crippen molar-refractivity contribution < 1.29 is 19.5 Å². The molecule has 0 amide bonds. The number of aliphatic hydroxyl groups excluding tert-OH is 1. The third-order valence-corrected chi connectivity index (χ3v) is 2.96. The van der Waals surface area contributed by atoms with E-state index in [9.17, 15) is 15.2 Å². The highest BCUT2D eigenvalue weighted by molar-refractivity contribution is 5.45. The van der Waals surface area contributed by atoms with E-state index < -0.39 is 11.0 Å². The molecule has 1 atom stereocenters. The molecule has 6 nitrogen and oxygen atoms in total. The lowest BCUT2D eigenvalue weighted by atomic mass is 10.2. The van der Waals surface area contributed by atoms with Crippen LogP contribution in [0.5, 0.6) is 11.5 Å². The van der Waals surface area contributed by atoms with E-state index in [1.165, 1.54) is 12.1 Å². The lowest BCUT2D eigenvalue weighted by Crippen LogP contribution is -2.25. The average molecular weight is 303 g/mol. The van der Waals surface area contributed by atoms with Crippen molar-refractivity contribution >= 4 is 5.69 Å². The van der Waals surface area contributed by atoms with Crippen LogP contribution in [0.25, 0.3) is 0 Å². The summed E-state index contributed by atoms with van der Waals surface area (Å²) in [5.41, 5.74) is 0.988. The third-order valence-electron chi connectivity index (χ3n) is 2.96. The maximum atomic E-state index is 10.8. The molecule has 0 heterocycles. The Kier molecular flexibility index (Phi) is 5.32. The Balaban J connectivity index is 1.84. The minimum Gasteiger partial charge on any atom is -0.491 e. The molecule has 1 unspecified atom stereocenters. The van der Waals surface area contributed by atoms with Crippen molar-refractivity contribution in [3.63, 3.8) is 0 Å². The summed E-state index contributed by atoms with van der Waals surface area (Å²) in [7, 11) is 0. The number of benzene rings is 2. The summed E-state index contributed by atoms with van der Waals surface area (Å²) in [5.74, 6) is 0.775. The molecule has 0 radical (unpaired) electrons. The lowest BCUT2D eigenvalue weighted by molar-refractivity contribution is -0.385. The van der Waals surface area contributed by atoms with Crippen LogP contribution >= 0.6 is 0 Å². The van der Waals surface area contributed by atoms with Gasteiger partial charge in [-0.25, -0.2) is 0 Å². The van der Waals surface area contributed by atoms with Gasteiger partial charge in [-0.05, 0) is 25.1 Å². The molecule has 0 bridgehead atoms. The Bertz CT molecular complexity index is 627. The summed E-state index contributed by atoms with van der Waals surface area (Å²) < 4.78 is 10.7. The Labute approximate surface area is 128 Å². The van der Waals surface area contributed by atoms with Crippen molar-refractivity contribution in [2.45, 2.75) is 13.0 Å². The molecule has 0 fully saturated rings. The molecule has 0 aliphatic carbocycles. The molecule has 0 spiro atoms. The van der Waals surface area contributed by atoms with Crippen LogP contribution in [0.1, 0.15) is 5.56 Å². The average Bonchev–Trinajstić information content (AvgIpc) is 2.52. The molecule has 2 rings (SSSR count). The van der Waals surface area contributed by atoms with Crippen LogP contribution in [0.4, 0.5) is 5.69 Å². The summed E-state index contributed by atoms with van der Waals surface area (Å²) in [6, 6.07) is 13.5. The maximum absolute atomic E-state index is 10.8. The predicted molar refractivity (Wildman–Crippen MR) is 81.3 cm³/mol. The molecule has 22 heavy (non-hydrogen) atoms. The smallest absolute Gasteiger partial charge is 0.310 e. The van der Waals surface area contributed by atoms with Gasteiger partial charge in [0.15, 0.2) is 5.75 Å². The third kappa shape index (κ3) is 4.46. The van der Waals surface area contributed by atoms with Gasteiger partial charge < -0.3 is 14.6 Å². The highest BCUT2D eigenvalue weighted by Gasteiger charge is 2.15. The molecular formula is C16H17NO5. The van der Waals surface area contributed by atoms with E-state index in [1.54, 1.807) is 12.1 Å². The Morgan fingerprint density at radius 3 is 2.41 bits per heavy atom. The highest BCUT2D eigenvalue weighted by atomic mass is 16.6. The largest absolute Gasteiger partial charge is 0.491 e. The van der Waals surface area contributed by atoms with E-state index in [0.717, 1.165) is 5.56 Å². The van der Waals surface area contributed by atoms with E-state index in [4.69, 9.17) is 9.47 Å². The number of ether oxygens (including phenoxy) is 2.